The van der Waals surface area contributed by atoms with E-state index in [0.717, 1.165) is 30.6 Å². The number of methoxy groups -OCH3 is 1. The molecule has 23 heavy (non-hydrogen) atoms. The highest BCUT2D eigenvalue weighted by atomic mass is 16.5. The minimum absolute atomic E-state index is 0.128. The molecular weight excluding hydrogens is 292 g/mol. The molecule has 1 aliphatic rings. The van der Waals surface area contributed by atoms with Gasteiger partial charge >= 0.3 is 11.8 Å². The van der Waals surface area contributed by atoms with Gasteiger partial charge in [-0.1, -0.05) is 31.9 Å². The minimum atomic E-state index is -0.545. The van der Waals surface area contributed by atoms with Gasteiger partial charge in [-0.2, -0.15) is 0 Å². The summed E-state index contributed by atoms with van der Waals surface area (Å²) in [6.07, 6.45) is 5.09. The molecule has 0 radical (unpaired) electrons. The Balaban J connectivity index is 1.71. The molecule has 126 valence electrons. The number of rotatable bonds is 5. The molecule has 0 saturated heterocycles. The molecule has 1 aromatic rings. The smallest absolute Gasteiger partial charge is 0.309 e. The highest BCUT2D eigenvalue weighted by Gasteiger charge is 2.25. The number of carbonyl (C=O) groups excluding carboxylic acids is 2. The van der Waals surface area contributed by atoms with Crippen molar-refractivity contribution in [3.05, 3.63) is 29.8 Å². The van der Waals surface area contributed by atoms with Gasteiger partial charge in [0, 0.05) is 12.6 Å². The van der Waals surface area contributed by atoms with Crippen molar-refractivity contribution >= 4 is 11.8 Å². The van der Waals surface area contributed by atoms with E-state index in [1.165, 1.54) is 6.42 Å². The van der Waals surface area contributed by atoms with Gasteiger partial charge in [-0.15, -0.1) is 0 Å². The Morgan fingerprint density at radius 3 is 2.48 bits per heavy atom. The van der Waals surface area contributed by atoms with Crippen molar-refractivity contribution in [2.24, 2.45) is 5.92 Å². The lowest BCUT2D eigenvalue weighted by atomic mass is 9.86. The fourth-order valence-electron chi connectivity index (χ4n) is 2.96. The molecule has 1 aliphatic carbocycles. The van der Waals surface area contributed by atoms with Crippen molar-refractivity contribution in [3.8, 4) is 5.75 Å². The lowest BCUT2D eigenvalue weighted by Gasteiger charge is -2.29. The van der Waals surface area contributed by atoms with E-state index >= 15 is 0 Å². The van der Waals surface area contributed by atoms with Crippen molar-refractivity contribution in [1.82, 2.24) is 10.6 Å². The van der Waals surface area contributed by atoms with E-state index in [0.29, 0.717) is 18.9 Å². The number of hydrogen-bond donors (Lipinski definition) is 2. The molecule has 2 rings (SSSR count). The second-order valence-corrected chi connectivity index (χ2v) is 6.20. The van der Waals surface area contributed by atoms with E-state index in [9.17, 15) is 9.59 Å². The van der Waals surface area contributed by atoms with Gasteiger partial charge in [-0.3, -0.25) is 9.59 Å². The number of amides is 2. The molecule has 2 atom stereocenters. The first-order valence-electron chi connectivity index (χ1n) is 8.31. The van der Waals surface area contributed by atoms with Crippen molar-refractivity contribution in [1.29, 1.82) is 0 Å². The van der Waals surface area contributed by atoms with E-state index in [-0.39, 0.29) is 6.04 Å². The van der Waals surface area contributed by atoms with Crippen LogP contribution >= 0.6 is 0 Å². The van der Waals surface area contributed by atoms with E-state index < -0.39 is 11.8 Å². The highest BCUT2D eigenvalue weighted by Crippen LogP contribution is 2.23. The van der Waals surface area contributed by atoms with Gasteiger partial charge in [0.25, 0.3) is 0 Å². The Hall–Kier alpha value is -2.04. The van der Waals surface area contributed by atoms with Crippen LogP contribution in [0, 0.1) is 5.92 Å². The van der Waals surface area contributed by atoms with Crippen LogP contribution in [0.1, 0.15) is 38.2 Å². The lowest BCUT2D eigenvalue weighted by Crippen LogP contribution is -2.48. The van der Waals surface area contributed by atoms with Gasteiger partial charge in [0.15, 0.2) is 0 Å². The monoisotopic (exact) mass is 318 g/mol. The standard InChI is InChI=1S/C18H26N2O3/c1-13-5-3-4-6-16(13)20-18(22)17(21)19-12-11-14-7-9-15(23-2)10-8-14/h7-10,13,16H,3-6,11-12H2,1-2H3,(H,19,21)(H,20,22)/t13-,16+/m1/s1. The summed E-state index contributed by atoms with van der Waals surface area (Å²) in [6, 6.07) is 7.80. The molecule has 0 heterocycles. The molecule has 0 unspecified atom stereocenters. The maximum absolute atomic E-state index is 11.9. The van der Waals surface area contributed by atoms with Crippen LogP contribution in [0.3, 0.4) is 0 Å². The third-order valence-corrected chi connectivity index (χ3v) is 4.49. The summed E-state index contributed by atoms with van der Waals surface area (Å²) < 4.78 is 5.10. The molecule has 1 aromatic carbocycles. The number of ether oxygens (including phenoxy) is 1. The topological polar surface area (TPSA) is 67.4 Å². The first-order valence-corrected chi connectivity index (χ1v) is 8.31. The zero-order valence-electron chi connectivity index (χ0n) is 13.9. The summed E-state index contributed by atoms with van der Waals surface area (Å²) in [5.41, 5.74) is 1.09. The number of hydrogen-bond acceptors (Lipinski definition) is 3. The van der Waals surface area contributed by atoms with Crippen LogP contribution < -0.4 is 15.4 Å². The van der Waals surface area contributed by atoms with Crippen LogP contribution in [0.25, 0.3) is 0 Å². The molecule has 5 heteroatoms. The highest BCUT2D eigenvalue weighted by molar-refractivity contribution is 6.35. The van der Waals surface area contributed by atoms with Gasteiger partial charge in [0.2, 0.25) is 0 Å². The van der Waals surface area contributed by atoms with Gasteiger partial charge < -0.3 is 15.4 Å². The van der Waals surface area contributed by atoms with E-state index in [4.69, 9.17) is 4.74 Å². The van der Waals surface area contributed by atoms with E-state index in [1.807, 2.05) is 24.3 Å². The molecule has 2 N–H and O–H groups in total. The summed E-state index contributed by atoms with van der Waals surface area (Å²) >= 11 is 0. The van der Waals surface area contributed by atoms with Gasteiger partial charge in [-0.05, 0) is 42.9 Å². The number of benzene rings is 1. The second-order valence-electron chi connectivity index (χ2n) is 6.20. The molecule has 1 saturated carbocycles. The average molecular weight is 318 g/mol. The summed E-state index contributed by atoms with van der Waals surface area (Å²) in [6.45, 7) is 2.57. The van der Waals surface area contributed by atoms with Crippen molar-refractivity contribution in [3.63, 3.8) is 0 Å². The summed E-state index contributed by atoms with van der Waals surface area (Å²) in [5.74, 6) is 0.188. The molecule has 0 spiro atoms. The SMILES string of the molecule is COc1ccc(CCNC(=O)C(=O)N[C@H]2CCCC[C@H]2C)cc1. The van der Waals surface area contributed by atoms with Crippen LogP contribution in [0.2, 0.25) is 0 Å². The Kier molecular flexibility index (Phi) is 6.44. The van der Waals surface area contributed by atoms with Gasteiger partial charge in [0.05, 0.1) is 7.11 Å². The Morgan fingerprint density at radius 1 is 1.13 bits per heavy atom. The fourth-order valence-corrected chi connectivity index (χ4v) is 2.96. The quantitative estimate of drug-likeness (QED) is 0.817. The van der Waals surface area contributed by atoms with E-state index in [1.54, 1.807) is 7.11 Å². The fraction of sp³-hybridized carbons (Fsp3) is 0.556. The predicted molar refractivity (Wildman–Crippen MR) is 89.3 cm³/mol. The normalized spacial score (nSPS) is 20.6. The molecular formula is C18H26N2O3. The molecule has 1 fully saturated rings. The zero-order chi connectivity index (χ0) is 16.7. The third-order valence-electron chi connectivity index (χ3n) is 4.49. The predicted octanol–water partition coefficient (Wildman–Crippen LogP) is 2.05. The van der Waals surface area contributed by atoms with Crippen molar-refractivity contribution < 1.29 is 14.3 Å². The lowest BCUT2D eigenvalue weighted by molar-refractivity contribution is -0.139. The maximum Gasteiger partial charge on any atom is 0.309 e. The summed E-state index contributed by atoms with van der Waals surface area (Å²) in [5, 5.41) is 5.55. The largest absolute Gasteiger partial charge is 0.497 e. The molecule has 0 bridgehead atoms. The van der Waals surface area contributed by atoms with E-state index in [2.05, 4.69) is 17.6 Å². The molecule has 0 aliphatic heterocycles. The Labute approximate surface area is 137 Å². The summed E-state index contributed by atoms with van der Waals surface area (Å²) in [7, 11) is 1.63. The minimum Gasteiger partial charge on any atom is -0.497 e. The van der Waals surface area contributed by atoms with Crippen LogP contribution in [-0.4, -0.2) is 31.5 Å². The molecule has 0 aromatic heterocycles. The van der Waals surface area contributed by atoms with Crippen LogP contribution in [-0.2, 0) is 16.0 Å². The Bertz CT molecular complexity index is 528. The summed E-state index contributed by atoms with van der Waals surface area (Å²) in [4.78, 5) is 23.8. The average Bonchev–Trinajstić information content (AvgIpc) is 2.57. The van der Waals surface area contributed by atoms with Gasteiger partial charge in [0.1, 0.15) is 5.75 Å². The second kappa shape index (κ2) is 8.56. The molecule has 2 amide bonds. The van der Waals surface area contributed by atoms with Crippen molar-refractivity contribution in [2.75, 3.05) is 13.7 Å². The van der Waals surface area contributed by atoms with Crippen LogP contribution in [0.4, 0.5) is 0 Å². The van der Waals surface area contributed by atoms with Crippen LogP contribution in [0.15, 0.2) is 24.3 Å². The Morgan fingerprint density at radius 2 is 1.83 bits per heavy atom. The first kappa shape index (κ1) is 17.3. The number of nitrogens with one attached hydrogen (secondary N) is 2. The zero-order valence-corrected chi connectivity index (χ0v) is 13.9. The number of carbonyl (C=O) groups is 2. The van der Waals surface area contributed by atoms with Gasteiger partial charge in [-0.25, -0.2) is 0 Å². The third kappa shape index (κ3) is 5.27. The van der Waals surface area contributed by atoms with Crippen LogP contribution in [0.5, 0.6) is 5.75 Å². The maximum atomic E-state index is 11.9. The molecule has 5 nitrogen and oxygen atoms in total. The van der Waals surface area contributed by atoms with Crippen molar-refractivity contribution in [2.45, 2.75) is 45.1 Å². The first-order chi connectivity index (χ1) is 11.1.